The molecule has 45 heavy (non-hydrogen) atoms. The summed E-state index contributed by atoms with van der Waals surface area (Å²) in [4.78, 5) is 0. The maximum Gasteiger partial charge on any atom is 0.137 e. The summed E-state index contributed by atoms with van der Waals surface area (Å²) in [6.07, 6.45) is 0. The van der Waals surface area contributed by atoms with Crippen LogP contribution in [0.5, 0.6) is 0 Å². The van der Waals surface area contributed by atoms with Gasteiger partial charge < -0.3 is 13.6 Å². The molecule has 10 rings (SSSR count). The quantitative estimate of drug-likeness (QED) is 0.206. The average Bonchev–Trinajstić information content (AvgIpc) is 3.76. The molecule has 0 amide bonds. The summed E-state index contributed by atoms with van der Waals surface area (Å²) >= 11 is 0. The van der Waals surface area contributed by atoms with Crippen molar-refractivity contribution in [2.24, 2.45) is 0 Å². The lowest BCUT2D eigenvalue weighted by Gasteiger charge is -2.18. The Morgan fingerprint density at radius 1 is 0.333 bits per heavy atom. The molecular weight excluding hydrogens is 548 g/mol. The van der Waals surface area contributed by atoms with Crippen LogP contribution in [-0.2, 0) is 0 Å². The summed E-state index contributed by atoms with van der Waals surface area (Å²) in [6, 6.07) is 56.5. The Labute approximate surface area is 258 Å². The van der Waals surface area contributed by atoms with Gasteiger partial charge in [-0.2, -0.15) is 0 Å². The molecule has 3 heteroatoms. The first-order valence-corrected chi connectivity index (χ1v) is 15.4. The summed E-state index contributed by atoms with van der Waals surface area (Å²) in [5.74, 6) is 0. The number of para-hydroxylation sites is 6. The highest BCUT2D eigenvalue weighted by molar-refractivity contribution is 6.24. The molecule has 0 unspecified atom stereocenters. The molecule has 3 nitrogen and oxygen atoms in total. The average molecular weight is 575 g/mol. The molecule has 0 aliphatic rings. The Morgan fingerprint density at radius 3 is 1.44 bits per heavy atom. The van der Waals surface area contributed by atoms with Crippen molar-refractivity contribution in [1.82, 2.24) is 9.13 Å². The van der Waals surface area contributed by atoms with Gasteiger partial charge in [-0.25, -0.2) is 0 Å². The van der Waals surface area contributed by atoms with Gasteiger partial charge in [0.25, 0.3) is 0 Å². The van der Waals surface area contributed by atoms with Gasteiger partial charge in [-0.15, -0.1) is 0 Å². The summed E-state index contributed by atoms with van der Waals surface area (Å²) in [6.45, 7) is 0. The molecule has 0 saturated heterocycles. The number of furan rings is 1. The van der Waals surface area contributed by atoms with Crippen LogP contribution in [0.1, 0.15) is 0 Å². The fraction of sp³-hybridized carbons (Fsp3) is 0. The van der Waals surface area contributed by atoms with Crippen molar-refractivity contribution in [2.45, 2.75) is 0 Å². The molecule has 0 bridgehead atoms. The molecule has 10 aromatic rings. The van der Waals surface area contributed by atoms with Gasteiger partial charge in [0.15, 0.2) is 0 Å². The standard InChI is InChI=1S/C42H26N2O/c1-7-19-34-27(13-1)28-14-2-8-20-35(28)43(34)36-21-9-3-15-29(36)30-16-4-10-22-37(30)44-38-23-11-5-17-31(38)32-25-26-40-41(42(32)44)33-18-6-12-24-39(33)45-40/h1-26H. The molecule has 0 spiro atoms. The molecule has 0 saturated carbocycles. The largest absolute Gasteiger partial charge is 0.456 e. The number of hydrogen-bond donors (Lipinski definition) is 0. The fourth-order valence-electron chi connectivity index (χ4n) is 7.49. The second-order valence-corrected chi connectivity index (χ2v) is 11.7. The van der Waals surface area contributed by atoms with Crippen molar-refractivity contribution in [1.29, 1.82) is 0 Å². The first-order chi connectivity index (χ1) is 22.4. The van der Waals surface area contributed by atoms with Gasteiger partial charge in [0, 0.05) is 38.1 Å². The third-order valence-electron chi connectivity index (χ3n) is 9.33. The molecule has 7 aromatic carbocycles. The minimum Gasteiger partial charge on any atom is -0.456 e. The van der Waals surface area contributed by atoms with Crippen molar-refractivity contribution in [3.63, 3.8) is 0 Å². The van der Waals surface area contributed by atoms with E-state index in [1.54, 1.807) is 0 Å². The lowest BCUT2D eigenvalue weighted by atomic mass is 10.0. The number of fused-ring (bicyclic) bond motifs is 10. The van der Waals surface area contributed by atoms with Gasteiger partial charge in [0.1, 0.15) is 11.2 Å². The Morgan fingerprint density at radius 2 is 0.800 bits per heavy atom. The van der Waals surface area contributed by atoms with E-state index >= 15 is 0 Å². The fourth-order valence-corrected chi connectivity index (χ4v) is 7.49. The SMILES string of the molecule is c1ccc(-n2c3ccccc3c3ccccc32)c(-c2ccccc2-n2c3ccccc3c3ccc4oc5ccccc5c4c32)c1. The van der Waals surface area contributed by atoms with Crippen molar-refractivity contribution in [3.8, 4) is 22.5 Å². The molecule has 0 radical (unpaired) electrons. The van der Waals surface area contributed by atoms with Crippen LogP contribution in [0.4, 0.5) is 0 Å². The van der Waals surface area contributed by atoms with Crippen LogP contribution in [0.25, 0.3) is 88.1 Å². The second-order valence-electron chi connectivity index (χ2n) is 11.7. The van der Waals surface area contributed by atoms with E-state index in [1.165, 1.54) is 54.7 Å². The molecule has 3 aromatic heterocycles. The van der Waals surface area contributed by atoms with Crippen LogP contribution in [0.2, 0.25) is 0 Å². The number of benzene rings is 7. The molecule has 210 valence electrons. The highest BCUT2D eigenvalue weighted by atomic mass is 16.3. The number of aromatic nitrogens is 2. The highest BCUT2D eigenvalue weighted by Crippen LogP contribution is 2.44. The minimum atomic E-state index is 0.899. The lowest BCUT2D eigenvalue weighted by molar-refractivity contribution is 0.669. The molecule has 0 aliphatic heterocycles. The molecule has 0 N–H and O–H groups in total. The zero-order valence-corrected chi connectivity index (χ0v) is 24.3. The van der Waals surface area contributed by atoms with E-state index in [0.29, 0.717) is 0 Å². The van der Waals surface area contributed by atoms with E-state index in [9.17, 15) is 0 Å². The summed E-state index contributed by atoms with van der Waals surface area (Å²) in [7, 11) is 0. The van der Waals surface area contributed by atoms with Crippen LogP contribution in [0.15, 0.2) is 162 Å². The Hall–Kier alpha value is -6.06. The number of rotatable bonds is 3. The van der Waals surface area contributed by atoms with Crippen LogP contribution in [0.3, 0.4) is 0 Å². The van der Waals surface area contributed by atoms with Crippen molar-refractivity contribution in [3.05, 3.63) is 158 Å². The topological polar surface area (TPSA) is 23.0 Å². The third-order valence-corrected chi connectivity index (χ3v) is 9.33. The summed E-state index contributed by atoms with van der Waals surface area (Å²) in [5.41, 5.74) is 11.2. The van der Waals surface area contributed by atoms with Gasteiger partial charge >= 0.3 is 0 Å². The highest BCUT2D eigenvalue weighted by Gasteiger charge is 2.22. The first-order valence-electron chi connectivity index (χ1n) is 15.4. The van der Waals surface area contributed by atoms with Crippen LogP contribution >= 0.6 is 0 Å². The molecule has 0 fully saturated rings. The lowest BCUT2D eigenvalue weighted by Crippen LogP contribution is -2.01. The van der Waals surface area contributed by atoms with Gasteiger partial charge in [0.2, 0.25) is 0 Å². The molecular formula is C42H26N2O. The van der Waals surface area contributed by atoms with Crippen LogP contribution < -0.4 is 0 Å². The zero-order valence-electron chi connectivity index (χ0n) is 24.3. The van der Waals surface area contributed by atoms with Crippen LogP contribution in [0, 0.1) is 0 Å². The van der Waals surface area contributed by atoms with E-state index in [1.807, 2.05) is 6.07 Å². The Kier molecular flexibility index (Phi) is 5.00. The summed E-state index contributed by atoms with van der Waals surface area (Å²) < 4.78 is 11.3. The molecule has 3 heterocycles. The van der Waals surface area contributed by atoms with Crippen molar-refractivity contribution >= 4 is 65.6 Å². The van der Waals surface area contributed by atoms with E-state index < -0.39 is 0 Å². The predicted molar refractivity (Wildman–Crippen MR) is 188 cm³/mol. The zero-order chi connectivity index (χ0) is 29.5. The van der Waals surface area contributed by atoms with Gasteiger partial charge in [-0.05, 0) is 48.5 Å². The normalized spacial score (nSPS) is 12.0. The van der Waals surface area contributed by atoms with Crippen molar-refractivity contribution in [2.75, 3.05) is 0 Å². The molecule has 0 atom stereocenters. The van der Waals surface area contributed by atoms with Crippen LogP contribution in [-0.4, -0.2) is 9.13 Å². The number of nitrogens with zero attached hydrogens (tertiary/aromatic N) is 2. The monoisotopic (exact) mass is 574 g/mol. The van der Waals surface area contributed by atoms with Gasteiger partial charge in [-0.3, -0.25) is 0 Å². The number of hydrogen-bond acceptors (Lipinski definition) is 1. The van der Waals surface area contributed by atoms with Gasteiger partial charge in [-0.1, -0.05) is 109 Å². The van der Waals surface area contributed by atoms with Gasteiger partial charge in [0.05, 0.1) is 38.8 Å². The van der Waals surface area contributed by atoms with E-state index in [2.05, 4.69) is 161 Å². The first kappa shape index (κ1) is 24.4. The maximum absolute atomic E-state index is 6.40. The smallest absolute Gasteiger partial charge is 0.137 e. The van der Waals surface area contributed by atoms with E-state index in [-0.39, 0.29) is 0 Å². The minimum absolute atomic E-state index is 0.899. The maximum atomic E-state index is 6.40. The predicted octanol–water partition coefficient (Wildman–Crippen LogP) is 11.4. The summed E-state index contributed by atoms with van der Waals surface area (Å²) in [5, 5.41) is 7.23. The van der Waals surface area contributed by atoms with E-state index in [0.717, 1.165) is 33.3 Å². The molecule has 0 aliphatic carbocycles. The Bertz CT molecular complexity index is 2720. The second kappa shape index (κ2) is 9.22. The third kappa shape index (κ3) is 3.35. The Balaban J connectivity index is 1.34. The van der Waals surface area contributed by atoms with Crippen molar-refractivity contribution < 1.29 is 4.42 Å². The van der Waals surface area contributed by atoms with E-state index in [4.69, 9.17) is 4.42 Å².